The van der Waals surface area contributed by atoms with Crippen molar-refractivity contribution in [1.29, 1.82) is 0 Å². The van der Waals surface area contributed by atoms with E-state index in [0.717, 1.165) is 19.1 Å². The molecule has 128 valence electrons. The molecule has 8 heteroatoms. The van der Waals surface area contributed by atoms with Gasteiger partial charge in [0.2, 0.25) is 0 Å². The molecule has 0 radical (unpaired) electrons. The van der Waals surface area contributed by atoms with Gasteiger partial charge in [-0.05, 0) is 25.7 Å². The average molecular weight is 340 g/mol. The predicted molar refractivity (Wildman–Crippen MR) is 84.5 cm³/mol. The molecule has 3 heterocycles. The standard InChI is InChI=1S/C15H24N4O3S/c1-11-7-16-17(2)15(11)23(20,21)18-5-6-19-13(8-18)9-22-10-14(19)12-3-4-12/h7,12-14H,3-6,8-10H2,1-2H3/t13-,14-/m1/s1. The minimum Gasteiger partial charge on any atom is -0.378 e. The van der Waals surface area contributed by atoms with Crippen LogP contribution < -0.4 is 0 Å². The number of fused-ring (bicyclic) bond motifs is 1. The van der Waals surface area contributed by atoms with E-state index in [0.29, 0.717) is 36.3 Å². The number of aryl methyl sites for hydroxylation is 2. The van der Waals surface area contributed by atoms with E-state index in [-0.39, 0.29) is 6.04 Å². The van der Waals surface area contributed by atoms with Gasteiger partial charge in [-0.1, -0.05) is 0 Å². The van der Waals surface area contributed by atoms with Crippen molar-refractivity contribution >= 4 is 10.0 Å². The molecule has 0 spiro atoms. The van der Waals surface area contributed by atoms with Crippen molar-refractivity contribution in [2.75, 3.05) is 32.8 Å². The molecule has 2 aliphatic heterocycles. The highest BCUT2D eigenvalue weighted by atomic mass is 32.2. The van der Waals surface area contributed by atoms with Crippen LogP contribution in [0.2, 0.25) is 0 Å². The molecule has 1 aromatic rings. The van der Waals surface area contributed by atoms with Gasteiger partial charge < -0.3 is 4.74 Å². The average Bonchev–Trinajstić information content (AvgIpc) is 3.31. The first kappa shape index (κ1) is 15.6. The highest BCUT2D eigenvalue weighted by Crippen LogP contribution is 2.38. The van der Waals surface area contributed by atoms with Gasteiger partial charge in [0.05, 0.1) is 19.4 Å². The summed E-state index contributed by atoms with van der Waals surface area (Å²) in [5, 5.41) is 4.38. The smallest absolute Gasteiger partial charge is 0.260 e. The third-order valence-electron chi connectivity index (χ3n) is 5.32. The molecule has 2 atom stereocenters. The van der Waals surface area contributed by atoms with E-state index in [4.69, 9.17) is 4.74 Å². The van der Waals surface area contributed by atoms with Crippen molar-refractivity contribution in [2.24, 2.45) is 13.0 Å². The molecule has 3 aliphatic rings. The summed E-state index contributed by atoms with van der Waals surface area (Å²) in [6.07, 6.45) is 4.18. The van der Waals surface area contributed by atoms with Crippen molar-refractivity contribution in [3.05, 3.63) is 11.8 Å². The second kappa shape index (κ2) is 5.54. The van der Waals surface area contributed by atoms with Crippen LogP contribution in [0.25, 0.3) is 0 Å². The van der Waals surface area contributed by atoms with Gasteiger partial charge in [-0.25, -0.2) is 8.42 Å². The van der Waals surface area contributed by atoms with E-state index >= 15 is 0 Å². The zero-order valence-electron chi connectivity index (χ0n) is 13.7. The van der Waals surface area contributed by atoms with Crippen molar-refractivity contribution in [3.8, 4) is 0 Å². The zero-order valence-corrected chi connectivity index (χ0v) is 14.5. The Morgan fingerprint density at radius 1 is 1.26 bits per heavy atom. The first-order valence-corrected chi connectivity index (χ1v) is 9.74. The summed E-state index contributed by atoms with van der Waals surface area (Å²) >= 11 is 0. The minimum absolute atomic E-state index is 0.173. The lowest BCUT2D eigenvalue weighted by atomic mass is 10.0. The number of hydrogen-bond acceptors (Lipinski definition) is 5. The first-order chi connectivity index (χ1) is 11.0. The molecular weight excluding hydrogens is 316 g/mol. The molecule has 0 aromatic carbocycles. The summed E-state index contributed by atoms with van der Waals surface area (Å²) in [4.78, 5) is 2.49. The van der Waals surface area contributed by atoms with Gasteiger partial charge in [0.15, 0.2) is 5.03 Å². The van der Waals surface area contributed by atoms with E-state index in [1.54, 1.807) is 24.5 Å². The Balaban J connectivity index is 1.56. The quantitative estimate of drug-likeness (QED) is 0.787. The topological polar surface area (TPSA) is 67.7 Å². The zero-order chi connectivity index (χ0) is 16.2. The molecule has 7 nitrogen and oxygen atoms in total. The summed E-state index contributed by atoms with van der Waals surface area (Å²) < 4.78 is 34.8. The lowest BCUT2D eigenvalue weighted by Crippen LogP contribution is -2.63. The number of ether oxygens (including phenoxy) is 1. The molecule has 1 saturated carbocycles. The summed E-state index contributed by atoms with van der Waals surface area (Å²) in [5.74, 6) is 0.750. The van der Waals surface area contributed by atoms with Crippen molar-refractivity contribution < 1.29 is 13.2 Å². The monoisotopic (exact) mass is 340 g/mol. The molecular formula is C15H24N4O3S. The number of nitrogens with zero attached hydrogens (tertiary/aromatic N) is 4. The molecule has 0 N–H and O–H groups in total. The maximum absolute atomic E-state index is 13.0. The van der Waals surface area contributed by atoms with Crippen molar-refractivity contribution in [1.82, 2.24) is 19.0 Å². The molecule has 1 aliphatic carbocycles. The molecule has 2 saturated heterocycles. The van der Waals surface area contributed by atoms with Crippen LogP contribution in [0, 0.1) is 12.8 Å². The Hall–Kier alpha value is -0.960. The third-order valence-corrected chi connectivity index (χ3v) is 7.41. The second-order valence-corrected chi connectivity index (χ2v) is 8.81. The minimum atomic E-state index is -3.50. The lowest BCUT2D eigenvalue weighted by Gasteiger charge is -2.47. The second-order valence-electron chi connectivity index (χ2n) is 6.95. The van der Waals surface area contributed by atoms with E-state index in [1.165, 1.54) is 17.5 Å². The molecule has 1 aromatic heterocycles. The highest BCUT2D eigenvalue weighted by Gasteiger charge is 2.45. The normalized spacial score (nSPS) is 30.3. The summed E-state index contributed by atoms with van der Waals surface area (Å²) in [6.45, 7) is 5.07. The lowest BCUT2D eigenvalue weighted by molar-refractivity contribution is -0.0759. The predicted octanol–water partition coefficient (Wildman–Crippen LogP) is 0.212. The van der Waals surface area contributed by atoms with Crippen molar-refractivity contribution in [2.45, 2.75) is 36.9 Å². The maximum Gasteiger partial charge on any atom is 0.260 e. The molecule has 3 fully saturated rings. The van der Waals surface area contributed by atoms with Crippen LogP contribution in [0.5, 0.6) is 0 Å². The number of hydrogen-bond donors (Lipinski definition) is 0. The first-order valence-electron chi connectivity index (χ1n) is 8.30. The number of rotatable bonds is 3. The summed E-state index contributed by atoms with van der Waals surface area (Å²) in [5.41, 5.74) is 0.700. The summed E-state index contributed by atoms with van der Waals surface area (Å²) in [7, 11) is -1.82. The van der Waals surface area contributed by atoms with Crippen LogP contribution in [-0.4, -0.2) is 72.3 Å². The van der Waals surface area contributed by atoms with Crippen LogP contribution in [-0.2, 0) is 21.8 Å². The Morgan fingerprint density at radius 3 is 2.70 bits per heavy atom. The fourth-order valence-corrected chi connectivity index (χ4v) is 5.76. The van der Waals surface area contributed by atoms with Crippen LogP contribution in [0.3, 0.4) is 0 Å². The molecule has 4 rings (SSSR count). The Labute approximate surface area is 137 Å². The Bertz CT molecular complexity index is 678. The number of sulfonamides is 1. The van der Waals surface area contributed by atoms with Gasteiger partial charge in [0, 0.05) is 44.3 Å². The Kier molecular flexibility index (Phi) is 3.75. The van der Waals surface area contributed by atoms with Crippen LogP contribution in [0.1, 0.15) is 18.4 Å². The van der Waals surface area contributed by atoms with Gasteiger partial charge in [-0.3, -0.25) is 9.58 Å². The van der Waals surface area contributed by atoms with Crippen LogP contribution >= 0.6 is 0 Å². The maximum atomic E-state index is 13.0. The van der Waals surface area contributed by atoms with Gasteiger partial charge in [-0.15, -0.1) is 0 Å². The molecule has 23 heavy (non-hydrogen) atoms. The van der Waals surface area contributed by atoms with Crippen molar-refractivity contribution in [3.63, 3.8) is 0 Å². The van der Waals surface area contributed by atoms with Gasteiger partial charge in [-0.2, -0.15) is 9.40 Å². The van der Waals surface area contributed by atoms with E-state index in [9.17, 15) is 8.42 Å². The van der Waals surface area contributed by atoms with E-state index in [1.807, 2.05) is 0 Å². The SMILES string of the molecule is Cc1cnn(C)c1S(=O)(=O)N1CCN2[C@@H](COC[C@@H]2C2CC2)C1. The largest absolute Gasteiger partial charge is 0.378 e. The number of morpholine rings is 1. The van der Waals surface area contributed by atoms with Crippen LogP contribution in [0.15, 0.2) is 11.2 Å². The highest BCUT2D eigenvalue weighted by molar-refractivity contribution is 7.89. The third kappa shape index (κ3) is 2.61. The van der Waals surface area contributed by atoms with Gasteiger partial charge in [0.1, 0.15) is 0 Å². The Morgan fingerprint density at radius 2 is 2.04 bits per heavy atom. The van der Waals surface area contributed by atoms with Gasteiger partial charge in [0.25, 0.3) is 10.0 Å². The molecule has 0 amide bonds. The number of aromatic nitrogens is 2. The van der Waals surface area contributed by atoms with E-state index in [2.05, 4.69) is 10.00 Å². The fraction of sp³-hybridized carbons (Fsp3) is 0.800. The molecule has 0 unspecified atom stereocenters. The van der Waals surface area contributed by atoms with E-state index < -0.39 is 10.0 Å². The van der Waals surface area contributed by atoms with Crippen LogP contribution in [0.4, 0.5) is 0 Å². The van der Waals surface area contributed by atoms with Gasteiger partial charge >= 0.3 is 0 Å². The summed E-state index contributed by atoms with van der Waals surface area (Å²) in [6, 6.07) is 0.656. The number of piperazine rings is 1. The molecule has 0 bridgehead atoms. The fourth-order valence-electron chi connectivity index (χ4n) is 3.98.